The Balaban J connectivity index is 1.25. The highest BCUT2D eigenvalue weighted by molar-refractivity contribution is 6.25. The van der Waals surface area contributed by atoms with Crippen LogP contribution in [0.15, 0.2) is 28.7 Å². The first-order valence-electron chi connectivity index (χ1n) is 16.6. The molecule has 0 aromatic heterocycles. The zero-order chi connectivity index (χ0) is 33.0. The Morgan fingerprint density at radius 3 is 2.15 bits per heavy atom. The first kappa shape index (κ1) is 31.2. The number of carbonyl (C=O) groups is 3. The van der Waals surface area contributed by atoms with Gasteiger partial charge in [0.2, 0.25) is 5.78 Å². The summed E-state index contributed by atoms with van der Waals surface area (Å²) in [4.78, 5) is 43.6. The number of aliphatic hydroxyl groups excluding tert-OH is 2. The number of nitrogens with one attached hydrogen (secondary N) is 1. The van der Waals surface area contributed by atoms with Gasteiger partial charge in [-0.05, 0) is 106 Å². The summed E-state index contributed by atoms with van der Waals surface area (Å²) in [5, 5.41) is 49.8. The number of benzene rings is 1. The zero-order valence-corrected chi connectivity index (χ0v) is 27.1. The highest BCUT2D eigenvalue weighted by Crippen LogP contribution is 2.60. The van der Waals surface area contributed by atoms with E-state index in [4.69, 9.17) is 5.73 Å². The molecule has 11 heteroatoms. The fourth-order valence-electron chi connectivity index (χ4n) is 10.9. The summed E-state index contributed by atoms with van der Waals surface area (Å²) < 4.78 is 0. The molecule has 0 spiro atoms. The van der Waals surface area contributed by atoms with Crippen LogP contribution in [0.2, 0.25) is 0 Å². The van der Waals surface area contributed by atoms with Gasteiger partial charge in [-0.15, -0.1) is 0 Å². The number of aliphatic hydroxyl groups is 3. The number of aromatic hydroxyl groups is 1. The van der Waals surface area contributed by atoms with Crippen LogP contribution in [-0.2, 0) is 22.6 Å². The first-order chi connectivity index (χ1) is 21.7. The third kappa shape index (κ3) is 4.37. The second kappa shape index (κ2) is 10.6. The van der Waals surface area contributed by atoms with Gasteiger partial charge in [0.15, 0.2) is 11.4 Å². The molecule has 8 rings (SSSR count). The largest absolute Gasteiger partial charge is 0.510 e. The van der Waals surface area contributed by atoms with Crippen molar-refractivity contribution in [3.8, 4) is 5.75 Å². The number of fused-ring (bicyclic) bond motifs is 3. The molecule has 4 atom stereocenters. The third-order valence-corrected chi connectivity index (χ3v) is 12.2. The van der Waals surface area contributed by atoms with E-state index in [9.17, 15) is 34.8 Å². The molecule has 1 aromatic rings. The van der Waals surface area contributed by atoms with Crippen molar-refractivity contribution in [1.29, 1.82) is 0 Å². The van der Waals surface area contributed by atoms with Gasteiger partial charge in [0.1, 0.15) is 22.8 Å². The second-order valence-corrected chi connectivity index (χ2v) is 15.6. The highest BCUT2D eigenvalue weighted by atomic mass is 16.3. The Kier molecular flexibility index (Phi) is 7.16. The minimum atomic E-state index is -2.65. The quantitative estimate of drug-likeness (QED) is 0.244. The number of Topliss-reactive ketones (excluding diaryl/α,β-unsaturated/α-hetero) is 2. The molecule has 7 aliphatic carbocycles. The molecule has 7 aliphatic rings. The average molecular weight is 635 g/mol. The van der Waals surface area contributed by atoms with E-state index in [0.717, 1.165) is 30.0 Å². The van der Waals surface area contributed by atoms with Gasteiger partial charge in [-0.3, -0.25) is 19.3 Å². The molecule has 248 valence electrons. The molecule has 1 aromatic carbocycles. The summed E-state index contributed by atoms with van der Waals surface area (Å²) in [5.74, 6) is -3.91. The number of hydrogen-bond donors (Lipinski definition) is 6. The van der Waals surface area contributed by atoms with Gasteiger partial charge >= 0.3 is 0 Å². The minimum Gasteiger partial charge on any atom is -0.510 e. The lowest BCUT2D eigenvalue weighted by Crippen LogP contribution is -2.63. The molecule has 0 aliphatic heterocycles. The van der Waals surface area contributed by atoms with Crippen LogP contribution in [0.5, 0.6) is 5.75 Å². The summed E-state index contributed by atoms with van der Waals surface area (Å²) in [6.45, 7) is 1.23. The van der Waals surface area contributed by atoms with Crippen molar-refractivity contribution < 1.29 is 34.8 Å². The summed E-state index contributed by atoms with van der Waals surface area (Å²) in [6, 6.07) is 0.900. The van der Waals surface area contributed by atoms with E-state index in [1.54, 1.807) is 19.0 Å². The van der Waals surface area contributed by atoms with Crippen molar-refractivity contribution in [1.82, 2.24) is 10.2 Å². The van der Waals surface area contributed by atoms with Gasteiger partial charge in [0.05, 0.1) is 11.6 Å². The van der Waals surface area contributed by atoms with Crippen LogP contribution >= 0.6 is 0 Å². The SMILES string of the molecule is CN(C)c1cc(CNCC23CC4CC(CC(C4)C2)C3)c(O)c2c1C[C@H]1C[C@H]3[C@H](N(C)C)C(O)=C(C(N)=O)C(=O)[C@@]3(O)C(O)=C1C2=O. The summed E-state index contributed by atoms with van der Waals surface area (Å²) >= 11 is 0. The minimum absolute atomic E-state index is 0.0542. The lowest BCUT2D eigenvalue weighted by molar-refractivity contribution is -0.148. The zero-order valence-electron chi connectivity index (χ0n) is 27.1. The number of likely N-dealkylation sites (N-methyl/N-ethyl adjacent to an activating group) is 1. The standard InChI is InChI=1S/C35H46N4O7/c1-38(2)23-10-20(14-37-15-34-11-16-5-17(12-34)7-18(6-16)13-34)28(40)25-21(23)8-19-9-22-27(39(3)4)30(42)26(33(36)45)32(44)35(22,46)31(43)24(19)29(25)41/h10,16-19,22,27,37,40,42-43,46H,5-9,11-15H2,1-4H3,(H2,36,45)/t16?,17?,18?,19-,22-,27-,34?,35-/m0/s1. The van der Waals surface area contributed by atoms with Crippen molar-refractivity contribution >= 4 is 23.2 Å². The average Bonchev–Trinajstić information content (AvgIpc) is 2.94. The fourth-order valence-corrected chi connectivity index (χ4v) is 10.9. The number of phenolic OH excluding ortho intramolecular Hbond substituents is 1. The van der Waals surface area contributed by atoms with Crippen LogP contribution in [0.1, 0.15) is 66.4 Å². The molecule has 46 heavy (non-hydrogen) atoms. The molecule has 4 fully saturated rings. The number of allylic oxidation sites excluding steroid dienone is 1. The second-order valence-electron chi connectivity index (χ2n) is 15.6. The van der Waals surface area contributed by atoms with E-state index in [1.165, 1.54) is 38.5 Å². The molecule has 0 saturated heterocycles. The normalized spacial score (nSPS) is 36.2. The predicted octanol–water partition coefficient (Wildman–Crippen LogP) is 2.49. The van der Waals surface area contributed by atoms with E-state index >= 15 is 0 Å². The Hall–Kier alpha value is -3.41. The maximum absolute atomic E-state index is 14.3. The number of nitrogens with zero attached hydrogens (tertiary/aromatic N) is 2. The van der Waals surface area contributed by atoms with Gasteiger partial charge in [0.25, 0.3) is 5.91 Å². The number of rotatable bonds is 7. The Labute approximate surface area is 269 Å². The van der Waals surface area contributed by atoms with Gasteiger partial charge in [0, 0.05) is 49.9 Å². The number of anilines is 1. The molecule has 1 amide bonds. The summed E-state index contributed by atoms with van der Waals surface area (Å²) in [7, 11) is 6.99. The summed E-state index contributed by atoms with van der Waals surface area (Å²) in [5.41, 5.74) is 4.17. The number of amides is 1. The number of ketones is 2. The van der Waals surface area contributed by atoms with E-state index in [1.807, 2.05) is 25.1 Å². The lowest BCUT2D eigenvalue weighted by atomic mass is 9.49. The molecule has 0 unspecified atom stereocenters. The third-order valence-electron chi connectivity index (χ3n) is 12.2. The van der Waals surface area contributed by atoms with Crippen LogP contribution in [0.4, 0.5) is 5.69 Å². The molecule has 4 saturated carbocycles. The van der Waals surface area contributed by atoms with E-state index in [2.05, 4.69) is 5.32 Å². The van der Waals surface area contributed by atoms with E-state index < -0.39 is 58.0 Å². The van der Waals surface area contributed by atoms with Gasteiger partial charge < -0.3 is 36.4 Å². The fraction of sp³-hybridized carbons (Fsp3) is 0.629. The van der Waals surface area contributed by atoms with Crippen LogP contribution in [0.25, 0.3) is 0 Å². The Morgan fingerprint density at radius 1 is 1.00 bits per heavy atom. The van der Waals surface area contributed by atoms with Crippen LogP contribution in [-0.4, -0.2) is 89.2 Å². The van der Waals surface area contributed by atoms with Crippen LogP contribution < -0.4 is 16.0 Å². The maximum Gasteiger partial charge on any atom is 0.255 e. The number of phenols is 1. The highest BCUT2D eigenvalue weighted by Gasteiger charge is 2.63. The van der Waals surface area contributed by atoms with Crippen LogP contribution in [0, 0.1) is 35.0 Å². The predicted molar refractivity (Wildman–Crippen MR) is 170 cm³/mol. The number of hydrogen-bond acceptors (Lipinski definition) is 10. The van der Waals surface area contributed by atoms with Crippen molar-refractivity contribution in [2.45, 2.75) is 69.6 Å². The van der Waals surface area contributed by atoms with Crippen LogP contribution in [0.3, 0.4) is 0 Å². The lowest BCUT2D eigenvalue weighted by Gasteiger charge is -2.57. The van der Waals surface area contributed by atoms with Gasteiger partial charge in [-0.2, -0.15) is 0 Å². The molecule has 4 bridgehead atoms. The molecule has 11 nitrogen and oxygen atoms in total. The van der Waals surface area contributed by atoms with Crippen molar-refractivity contribution in [2.24, 2.45) is 40.7 Å². The Bertz CT molecular complexity index is 1570. The monoisotopic (exact) mass is 634 g/mol. The van der Waals surface area contributed by atoms with Crippen molar-refractivity contribution in [3.05, 3.63) is 45.4 Å². The van der Waals surface area contributed by atoms with Gasteiger partial charge in [-0.25, -0.2) is 0 Å². The molecular formula is C35H46N4O7. The van der Waals surface area contributed by atoms with Gasteiger partial charge in [-0.1, -0.05) is 0 Å². The van der Waals surface area contributed by atoms with E-state index in [-0.39, 0.29) is 29.7 Å². The first-order valence-corrected chi connectivity index (χ1v) is 16.6. The molecular weight excluding hydrogens is 588 g/mol. The molecule has 7 N–H and O–H groups in total. The van der Waals surface area contributed by atoms with Crippen molar-refractivity contribution in [3.63, 3.8) is 0 Å². The smallest absolute Gasteiger partial charge is 0.255 e. The van der Waals surface area contributed by atoms with E-state index in [0.29, 0.717) is 23.1 Å². The summed E-state index contributed by atoms with van der Waals surface area (Å²) in [6.07, 6.45) is 8.16. The number of carbonyl (C=O) groups excluding carboxylic acids is 3. The Morgan fingerprint density at radius 2 is 1.61 bits per heavy atom. The topological polar surface area (TPSA) is 177 Å². The van der Waals surface area contributed by atoms with Crippen molar-refractivity contribution in [2.75, 3.05) is 39.6 Å². The number of primary amides is 1. The molecule has 0 radical (unpaired) electrons. The maximum atomic E-state index is 14.3. The number of nitrogens with two attached hydrogens (primary N) is 1. The molecule has 0 heterocycles.